The van der Waals surface area contributed by atoms with Gasteiger partial charge in [0.2, 0.25) is 10.0 Å². The summed E-state index contributed by atoms with van der Waals surface area (Å²) in [5, 5.41) is 15.7. The number of sulfonamides is 1. The fraction of sp³-hybridized carbons (Fsp3) is 0.250. The van der Waals surface area contributed by atoms with Crippen LogP contribution in [0.5, 0.6) is 0 Å². The first-order valence-corrected chi connectivity index (χ1v) is 14.8. The van der Waals surface area contributed by atoms with Crippen molar-refractivity contribution in [2.45, 2.75) is 17.9 Å². The smallest absolute Gasteiger partial charge is 0.272 e. The number of nitrogens with one attached hydrogen (secondary N) is 5. The fourth-order valence-electron chi connectivity index (χ4n) is 4.62. The van der Waals surface area contributed by atoms with E-state index >= 15 is 0 Å². The highest BCUT2D eigenvalue weighted by Crippen LogP contribution is 2.30. The molecule has 0 spiro atoms. The molecule has 43 heavy (non-hydrogen) atoms. The lowest BCUT2D eigenvalue weighted by molar-refractivity contribution is 0.102. The van der Waals surface area contributed by atoms with Crippen LogP contribution in [0.1, 0.15) is 32.1 Å². The maximum Gasteiger partial charge on any atom is 0.272 e. The molecule has 3 heterocycles. The Labute approximate surface area is 246 Å². The van der Waals surface area contributed by atoms with Crippen molar-refractivity contribution in [2.24, 2.45) is 0 Å². The van der Waals surface area contributed by atoms with Crippen LogP contribution in [0.3, 0.4) is 0 Å². The number of hydrogen-bond acceptors (Lipinski definition) is 7. The molecule has 0 fully saturated rings. The van der Waals surface area contributed by atoms with E-state index in [1.807, 2.05) is 19.0 Å². The number of halogens is 2. The van der Waals surface area contributed by atoms with Gasteiger partial charge in [0.05, 0.1) is 16.1 Å². The van der Waals surface area contributed by atoms with Crippen molar-refractivity contribution in [3.63, 3.8) is 0 Å². The number of H-pyrrole nitrogens is 2. The molecule has 0 bridgehead atoms. The Morgan fingerprint density at radius 2 is 1.81 bits per heavy atom. The van der Waals surface area contributed by atoms with E-state index in [-0.39, 0.29) is 36.6 Å². The van der Waals surface area contributed by atoms with Crippen molar-refractivity contribution in [2.75, 3.05) is 49.7 Å². The molecule has 2 aromatic carbocycles. The van der Waals surface area contributed by atoms with Gasteiger partial charge in [-0.15, -0.1) is 0 Å². The van der Waals surface area contributed by atoms with Gasteiger partial charge in [-0.05, 0) is 56.6 Å². The minimum Gasteiger partial charge on any atom is -0.384 e. The highest BCUT2D eigenvalue weighted by atomic mass is 32.2. The van der Waals surface area contributed by atoms with E-state index in [2.05, 4.69) is 31.1 Å². The van der Waals surface area contributed by atoms with Gasteiger partial charge in [0.1, 0.15) is 17.3 Å². The van der Waals surface area contributed by atoms with E-state index in [1.165, 1.54) is 0 Å². The molecule has 0 aliphatic carbocycles. The number of carbonyl (C=O) groups is 2. The molecule has 0 saturated heterocycles. The molecule has 1 aliphatic rings. The van der Waals surface area contributed by atoms with Gasteiger partial charge in [0, 0.05) is 61.8 Å². The van der Waals surface area contributed by atoms with Crippen LogP contribution in [0, 0.1) is 11.6 Å². The molecule has 0 unspecified atom stereocenters. The van der Waals surface area contributed by atoms with Crippen molar-refractivity contribution >= 4 is 39.0 Å². The molecule has 0 radical (unpaired) electrons. The number of rotatable bonds is 10. The third-order valence-electron chi connectivity index (χ3n) is 6.85. The Hall–Kier alpha value is -4.60. The topological polar surface area (TPSA) is 155 Å². The lowest BCUT2D eigenvalue weighted by Gasteiger charge is -2.26. The van der Waals surface area contributed by atoms with Gasteiger partial charge < -0.3 is 25.8 Å². The van der Waals surface area contributed by atoms with E-state index in [9.17, 15) is 26.8 Å². The Morgan fingerprint density at radius 3 is 2.51 bits per heavy atom. The minimum absolute atomic E-state index is 0.0419. The predicted octanol–water partition coefficient (Wildman–Crippen LogP) is 3.24. The van der Waals surface area contributed by atoms with Crippen LogP contribution < -0.4 is 16.0 Å². The van der Waals surface area contributed by atoms with Crippen LogP contribution in [0.2, 0.25) is 0 Å². The summed E-state index contributed by atoms with van der Waals surface area (Å²) in [6, 6.07) is 10.3. The zero-order chi connectivity index (χ0) is 30.7. The number of anilines is 3. The maximum absolute atomic E-state index is 13.8. The lowest BCUT2D eigenvalue weighted by Crippen LogP contribution is -2.36. The van der Waals surface area contributed by atoms with Crippen molar-refractivity contribution in [1.29, 1.82) is 0 Å². The third-order valence-corrected chi connectivity index (χ3v) is 8.67. The molecule has 5 rings (SSSR count). The van der Waals surface area contributed by atoms with Gasteiger partial charge in [-0.25, -0.2) is 17.2 Å². The van der Waals surface area contributed by atoms with Gasteiger partial charge in [-0.1, -0.05) is 0 Å². The average Bonchev–Trinajstić information content (AvgIpc) is 3.63. The Morgan fingerprint density at radius 1 is 1.05 bits per heavy atom. The number of carbonyl (C=O) groups excluding carboxylic acids is 2. The molecular weight excluding hydrogens is 582 g/mol. The van der Waals surface area contributed by atoms with Crippen LogP contribution in [-0.2, 0) is 23.0 Å². The molecule has 1 aliphatic heterocycles. The summed E-state index contributed by atoms with van der Waals surface area (Å²) >= 11 is 0. The first kappa shape index (κ1) is 29.9. The number of nitrogens with zero attached hydrogens (tertiary/aromatic N) is 3. The molecule has 0 atom stereocenters. The third kappa shape index (κ3) is 6.74. The predicted molar refractivity (Wildman–Crippen MR) is 156 cm³/mol. The second-order valence-corrected chi connectivity index (χ2v) is 12.1. The maximum atomic E-state index is 13.8. The summed E-state index contributed by atoms with van der Waals surface area (Å²) in [5.74, 6) is -2.96. The molecule has 12 nitrogen and oxygen atoms in total. The number of amides is 2. The number of aromatic amines is 2. The first-order chi connectivity index (χ1) is 20.5. The molecule has 0 saturated carbocycles. The fourth-order valence-corrected chi connectivity index (χ4v) is 6.07. The highest BCUT2D eigenvalue weighted by molar-refractivity contribution is 7.89. The van der Waals surface area contributed by atoms with Crippen molar-refractivity contribution in [3.05, 3.63) is 88.9 Å². The summed E-state index contributed by atoms with van der Waals surface area (Å²) in [6.07, 6.45) is 1.84. The largest absolute Gasteiger partial charge is 0.384 e. The zero-order valence-corrected chi connectivity index (χ0v) is 24.2. The van der Waals surface area contributed by atoms with E-state index in [1.54, 1.807) is 36.5 Å². The summed E-state index contributed by atoms with van der Waals surface area (Å²) < 4.78 is 55.0. The summed E-state index contributed by atoms with van der Waals surface area (Å²) in [7, 11) is -0.356. The van der Waals surface area contributed by atoms with E-state index < -0.39 is 38.4 Å². The summed E-state index contributed by atoms with van der Waals surface area (Å²) in [4.78, 5) is 30.7. The number of likely N-dealkylation sites (N-methyl/N-ethyl adjacent to an activating group) is 1. The van der Waals surface area contributed by atoms with Crippen molar-refractivity contribution in [3.8, 4) is 0 Å². The van der Waals surface area contributed by atoms with E-state index in [0.717, 1.165) is 23.0 Å². The number of benzene rings is 2. The normalized spacial score (nSPS) is 13.5. The molecule has 2 amide bonds. The van der Waals surface area contributed by atoms with Crippen LogP contribution in [0.25, 0.3) is 0 Å². The standard InChI is InChI=1S/C28H30F2N8O4S/c1-37(2)11-9-31-19-5-6-21(25(15-19)33-28(40)24-4-3-8-32-24)27(39)34-26-22-16-38(10-7-23(22)35-36-26)43(41,42)20-13-17(29)12-18(30)14-20/h3-6,8,12-15,31-32H,7,9-11,16H2,1-2H3,(H,33,40)(H2,34,35,36,39). The van der Waals surface area contributed by atoms with E-state index in [4.69, 9.17) is 0 Å². The highest BCUT2D eigenvalue weighted by Gasteiger charge is 2.32. The second kappa shape index (κ2) is 12.3. The van der Waals surface area contributed by atoms with Crippen LogP contribution in [0.4, 0.5) is 26.0 Å². The average molecular weight is 613 g/mol. The molecule has 226 valence electrons. The van der Waals surface area contributed by atoms with Gasteiger partial charge in [-0.2, -0.15) is 9.40 Å². The van der Waals surface area contributed by atoms with Crippen LogP contribution in [-0.4, -0.2) is 78.3 Å². The molecule has 15 heteroatoms. The van der Waals surface area contributed by atoms with Crippen molar-refractivity contribution in [1.82, 2.24) is 24.4 Å². The zero-order valence-electron chi connectivity index (χ0n) is 23.4. The molecule has 2 aromatic heterocycles. The number of fused-ring (bicyclic) bond motifs is 1. The van der Waals surface area contributed by atoms with Crippen LogP contribution >= 0.6 is 0 Å². The summed E-state index contributed by atoms with van der Waals surface area (Å²) in [6.45, 7) is 1.24. The Balaban J connectivity index is 1.38. The molecular formula is C28H30F2N8O4S. The second-order valence-electron chi connectivity index (χ2n) is 10.2. The quantitative estimate of drug-likeness (QED) is 0.184. The lowest BCUT2D eigenvalue weighted by atomic mass is 10.1. The number of hydrogen-bond donors (Lipinski definition) is 5. The monoisotopic (exact) mass is 612 g/mol. The molecule has 4 aromatic rings. The van der Waals surface area contributed by atoms with Gasteiger partial charge in [-0.3, -0.25) is 14.7 Å². The van der Waals surface area contributed by atoms with Crippen LogP contribution in [0.15, 0.2) is 59.6 Å². The Bertz CT molecular complexity index is 1740. The van der Waals surface area contributed by atoms with E-state index in [0.29, 0.717) is 35.2 Å². The van der Waals surface area contributed by atoms with Gasteiger partial charge in [0.15, 0.2) is 5.82 Å². The Kier molecular flexibility index (Phi) is 8.57. The minimum atomic E-state index is -4.25. The SMILES string of the molecule is CN(C)CCNc1ccc(C(=O)Nc2n[nH]c3c2CN(S(=O)(=O)c2cc(F)cc(F)c2)CC3)c(NC(=O)c2ccc[nH]2)c1. The van der Waals surface area contributed by atoms with Crippen molar-refractivity contribution < 1.29 is 26.8 Å². The van der Waals surface area contributed by atoms with Gasteiger partial charge in [0.25, 0.3) is 11.8 Å². The molecule has 5 N–H and O–H groups in total. The van der Waals surface area contributed by atoms with Gasteiger partial charge >= 0.3 is 0 Å². The first-order valence-electron chi connectivity index (χ1n) is 13.3. The summed E-state index contributed by atoms with van der Waals surface area (Å²) in [5.41, 5.74) is 2.41. The number of aromatic nitrogens is 3.